The summed E-state index contributed by atoms with van der Waals surface area (Å²) in [6, 6.07) is 18.0. The lowest BCUT2D eigenvalue weighted by atomic mass is 10.1. The van der Waals surface area contributed by atoms with Crippen LogP contribution in [0.2, 0.25) is 0 Å². The highest BCUT2D eigenvalue weighted by molar-refractivity contribution is 9.10. The quantitative estimate of drug-likeness (QED) is 0.706. The number of hydrogen-bond donors (Lipinski definition) is 0. The number of para-hydroxylation sites is 2. The molecule has 0 unspecified atom stereocenters. The van der Waals surface area contributed by atoms with Crippen molar-refractivity contribution in [3.05, 3.63) is 70.8 Å². The standard InChI is InChI=1S/C16H12BrNO/c17-14-8-1-2-9-15(14)19-11-13-6-3-5-12-7-4-10-18-16(12)13/h1-10H,11H2. The Balaban J connectivity index is 1.88. The lowest BCUT2D eigenvalue weighted by Gasteiger charge is -2.09. The van der Waals surface area contributed by atoms with E-state index in [-0.39, 0.29) is 0 Å². The van der Waals surface area contributed by atoms with Gasteiger partial charge in [-0.05, 0) is 34.1 Å². The van der Waals surface area contributed by atoms with Crippen molar-refractivity contribution in [2.75, 3.05) is 0 Å². The minimum atomic E-state index is 0.511. The fraction of sp³-hybridized carbons (Fsp3) is 0.0625. The molecule has 1 aromatic heterocycles. The molecule has 0 N–H and O–H groups in total. The van der Waals surface area contributed by atoms with Gasteiger partial charge in [0.1, 0.15) is 12.4 Å². The van der Waals surface area contributed by atoms with Crippen LogP contribution < -0.4 is 4.74 Å². The Morgan fingerprint density at radius 3 is 2.68 bits per heavy atom. The van der Waals surface area contributed by atoms with E-state index in [1.807, 2.05) is 48.7 Å². The molecule has 2 nitrogen and oxygen atoms in total. The number of hydrogen-bond acceptors (Lipinski definition) is 2. The van der Waals surface area contributed by atoms with Crippen LogP contribution in [0.1, 0.15) is 5.56 Å². The van der Waals surface area contributed by atoms with Gasteiger partial charge in [-0.15, -0.1) is 0 Å². The molecule has 0 aliphatic carbocycles. The third-order valence-corrected chi connectivity index (χ3v) is 3.59. The van der Waals surface area contributed by atoms with Crippen LogP contribution in [-0.2, 0) is 6.61 Å². The molecular weight excluding hydrogens is 302 g/mol. The van der Waals surface area contributed by atoms with Crippen LogP contribution in [0, 0.1) is 0 Å². The van der Waals surface area contributed by atoms with E-state index in [1.165, 1.54) is 0 Å². The SMILES string of the molecule is Brc1ccccc1OCc1cccc2cccnc12. The summed E-state index contributed by atoms with van der Waals surface area (Å²) in [6.07, 6.45) is 1.81. The molecule has 3 heteroatoms. The Hall–Kier alpha value is -1.87. The van der Waals surface area contributed by atoms with Gasteiger partial charge in [0.25, 0.3) is 0 Å². The number of ether oxygens (including phenoxy) is 1. The maximum atomic E-state index is 5.84. The second kappa shape index (κ2) is 5.41. The summed E-state index contributed by atoms with van der Waals surface area (Å²) >= 11 is 3.48. The van der Waals surface area contributed by atoms with Crippen molar-refractivity contribution < 1.29 is 4.74 Å². The lowest BCUT2D eigenvalue weighted by molar-refractivity contribution is 0.305. The minimum absolute atomic E-state index is 0.511. The molecule has 0 aliphatic rings. The van der Waals surface area contributed by atoms with Crippen LogP contribution in [-0.4, -0.2) is 4.98 Å². The topological polar surface area (TPSA) is 22.1 Å². The summed E-state index contributed by atoms with van der Waals surface area (Å²) in [5.74, 6) is 0.843. The maximum Gasteiger partial charge on any atom is 0.133 e. The van der Waals surface area contributed by atoms with E-state index in [2.05, 4.69) is 33.0 Å². The van der Waals surface area contributed by atoms with E-state index in [9.17, 15) is 0 Å². The average molecular weight is 314 g/mol. The summed E-state index contributed by atoms with van der Waals surface area (Å²) in [5, 5.41) is 1.13. The predicted molar refractivity (Wildman–Crippen MR) is 80.2 cm³/mol. The van der Waals surface area contributed by atoms with Gasteiger partial charge in [-0.1, -0.05) is 36.4 Å². The van der Waals surface area contributed by atoms with Gasteiger partial charge in [0.05, 0.1) is 9.99 Å². The van der Waals surface area contributed by atoms with E-state index in [1.54, 1.807) is 0 Å². The smallest absolute Gasteiger partial charge is 0.133 e. The average Bonchev–Trinajstić information content (AvgIpc) is 2.46. The van der Waals surface area contributed by atoms with Crippen LogP contribution in [0.5, 0.6) is 5.75 Å². The first kappa shape index (κ1) is 12.2. The number of pyridine rings is 1. The number of aromatic nitrogens is 1. The fourth-order valence-electron chi connectivity index (χ4n) is 2.00. The molecule has 0 radical (unpaired) electrons. The molecule has 3 aromatic rings. The Labute approximate surface area is 120 Å². The summed E-state index contributed by atoms with van der Waals surface area (Å²) in [7, 11) is 0. The second-order valence-electron chi connectivity index (χ2n) is 4.21. The van der Waals surface area contributed by atoms with Crippen molar-refractivity contribution in [3.63, 3.8) is 0 Å². The van der Waals surface area contributed by atoms with Crippen molar-refractivity contribution >= 4 is 26.8 Å². The molecule has 3 rings (SSSR count). The fourth-order valence-corrected chi connectivity index (χ4v) is 2.40. The number of fused-ring (bicyclic) bond motifs is 1. The molecule has 0 atom stereocenters. The summed E-state index contributed by atoms with van der Waals surface area (Å²) in [5.41, 5.74) is 2.09. The molecule has 0 saturated heterocycles. The summed E-state index contributed by atoms with van der Waals surface area (Å²) in [6.45, 7) is 0.511. The largest absolute Gasteiger partial charge is 0.488 e. The van der Waals surface area contributed by atoms with Gasteiger partial charge < -0.3 is 4.74 Å². The highest BCUT2D eigenvalue weighted by Crippen LogP contribution is 2.25. The second-order valence-corrected chi connectivity index (χ2v) is 5.07. The zero-order chi connectivity index (χ0) is 13.1. The molecule has 0 saturated carbocycles. The molecule has 1 heterocycles. The molecule has 0 bridgehead atoms. The van der Waals surface area contributed by atoms with E-state index in [0.29, 0.717) is 6.61 Å². The maximum absolute atomic E-state index is 5.84. The van der Waals surface area contributed by atoms with Crippen LogP contribution in [0.4, 0.5) is 0 Å². The van der Waals surface area contributed by atoms with Crippen LogP contribution in [0.15, 0.2) is 65.3 Å². The predicted octanol–water partition coefficient (Wildman–Crippen LogP) is 4.58. The van der Waals surface area contributed by atoms with E-state index >= 15 is 0 Å². The van der Waals surface area contributed by atoms with Gasteiger partial charge in [-0.25, -0.2) is 0 Å². The Morgan fingerprint density at radius 1 is 0.947 bits per heavy atom. The van der Waals surface area contributed by atoms with Crippen molar-refractivity contribution in [2.24, 2.45) is 0 Å². The van der Waals surface area contributed by atoms with Crippen molar-refractivity contribution in [3.8, 4) is 5.75 Å². The van der Waals surface area contributed by atoms with E-state index in [4.69, 9.17) is 4.74 Å². The van der Waals surface area contributed by atoms with Gasteiger partial charge >= 0.3 is 0 Å². The lowest BCUT2D eigenvalue weighted by Crippen LogP contribution is -1.97. The number of halogens is 1. The number of benzene rings is 2. The molecule has 0 spiro atoms. The van der Waals surface area contributed by atoms with Gasteiger partial charge in [0, 0.05) is 17.1 Å². The molecule has 0 amide bonds. The van der Waals surface area contributed by atoms with Gasteiger partial charge in [-0.2, -0.15) is 0 Å². The Kier molecular flexibility index (Phi) is 3.47. The van der Waals surface area contributed by atoms with Crippen molar-refractivity contribution in [1.29, 1.82) is 0 Å². The molecule has 0 fully saturated rings. The molecule has 94 valence electrons. The zero-order valence-corrected chi connectivity index (χ0v) is 11.8. The van der Waals surface area contributed by atoms with Crippen LogP contribution >= 0.6 is 15.9 Å². The van der Waals surface area contributed by atoms with Crippen LogP contribution in [0.3, 0.4) is 0 Å². The molecule has 19 heavy (non-hydrogen) atoms. The highest BCUT2D eigenvalue weighted by Gasteiger charge is 2.04. The highest BCUT2D eigenvalue weighted by atomic mass is 79.9. The summed E-state index contributed by atoms with van der Waals surface area (Å²) < 4.78 is 6.81. The van der Waals surface area contributed by atoms with Gasteiger partial charge in [-0.3, -0.25) is 4.98 Å². The minimum Gasteiger partial charge on any atom is -0.488 e. The third kappa shape index (κ3) is 2.61. The Bertz CT molecular complexity index is 706. The number of rotatable bonds is 3. The normalized spacial score (nSPS) is 10.6. The third-order valence-electron chi connectivity index (χ3n) is 2.94. The first-order chi connectivity index (χ1) is 9.34. The number of nitrogens with zero attached hydrogens (tertiary/aromatic N) is 1. The Morgan fingerprint density at radius 2 is 1.79 bits per heavy atom. The van der Waals surface area contributed by atoms with Gasteiger partial charge in [0.2, 0.25) is 0 Å². The molecule has 2 aromatic carbocycles. The first-order valence-electron chi connectivity index (χ1n) is 6.04. The van der Waals surface area contributed by atoms with Gasteiger partial charge in [0.15, 0.2) is 0 Å². The first-order valence-corrected chi connectivity index (χ1v) is 6.84. The zero-order valence-electron chi connectivity index (χ0n) is 10.2. The summed E-state index contributed by atoms with van der Waals surface area (Å²) in [4.78, 5) is 4.42. The van der Waals surface area contributed by atoms with Crippen molar-refractivity contribution in [2.45, 2.75) is 6.61 Å². The van der Waals surface area contributed by atoms with E-state index in [0.717, 1.165) is 26.7 Å². The van der Waals surface area contributed by atoms with Crippen LogP contribution in [0.25, 0.3) is 10.9 Å². The van der Waals surface area contributed by atoms with Crippen molar-refractivity contribution in [1.82, 2.24) is 4.98 Å². The molecular formula is C16H12BrNO. The molecule has 0 aliphatic heterocycles. The van der Waals surface area contributed by atoms with E-state index < -0.39 is 0 Å². The monoisotopic (exact) mass is 313 g/mol.